The Bertz CT molecular complexity index is 1120. The van der Waals surface area contributed by atoms with E-state index in [0.717, 1.165) is 11.5 Å². The summed E-state index contributed by atoms with van der Waals surface area (Å²) in [5.41, 5.74) is -2.76. The maximum atomic E-state index is 13.0. The highest BCUT2D eigenvalue weighted by Crippen LogP contribution is 2.37. The Balaban J connectivity index is 1.43. The van der Waals surface area contributed by atoms with Crippen molar-refractivity contribution in [2.45, 2.75) is 31.2 Å². The fourth-order valence-corrected chi connectivity index (χ4v) is 3.62. The predicted octanol–water partition coefficient (Wildman–Crippen LogP) is 4.51. The lowest BCUT2D eigenvalue weighted by Gasteiger charge is -2.15. The molecular formula is C21H18F6N5O+. The molecule has 4 rings (SSSR count). The lowest BCUT2D eigenvalue weighted by Crippen LogP contribution is -2.44. The Morgan fingerprint density at radius 2 is 1.67 bits per heavy atom. The number of hydrogen-bond acceptors (Lipinski definition) is 2. The summed E-state index contributed by atoms with van der Waals surface area (Å²) in [5, 5.41) is 9.08. The molecule has 1 aliphatic rings. The average molecular weight is 470 g/mol. The summed E-state index contributed by atoms with van der Waals surface area (Å²) in [5.74, 6) is 0.804. The number of para-hydroxylation sites is 1. The molecule has 0 spiro atoms. The summed E-state index contributed by atoms with van der Waals surface area (Å²) in [6.45, 7) is 0.120. The van der Waals surface area contributed by atoms with E-state index in [2.05, 4.69) is 15.7 Å². The number of hydrogen-bond donors (Lipinski definition) is 2. The van der Waals surface area contributed by atoms with Gasteiger partial charge in [0, 0.05) is 17.2 Å². The first-order valence-electron chi connectivity index (χ1n) is 9.90. The summed E-state index contributed by atoms with van der Waals surface area (Å²) in [4.78, 5) is 12.2. The molecular weight excluding hydrogens is 452 g/mol. The van der Waals surface area contributed by atoms with Crippen LogP contribution in [0.15, 0.2) is 54.9 Å². The Morgan fingerprint density at radius 3 is 2.27 bits per heavy atom. The van der Waals surface area contributed by atoms with Crippen LogP contribution in [0.5, 0.6) is 0 Å². The number of fused-ring (bicyclic) bond motifs is 1. The van der Waals surface area contributed by atoms with E-state index in [4.69, 9.17) is 0 Å². The van der Waals surface area contributed by atoms with Crippen LogP contribution < -0.4 is 15.2 Å². The van der Waals surface area contributed by atoms with Crippen LogP contribution in [0.2, 0.25) is 0 Å². The van der Waals surface area contributed by atoms with E-state index in [-0.39, 0.29) is 18.7 Å². The molecule has 1 aliphatic heterocycles. The Kier molecular flexibility index (Phi) is 5.76. The highest BCUT2D eigenvalue weighted by atomic mass is 19.4. The summed E-state index contributed by atoms with van der Waals surface area (Å²) in [6.07, 6.45) is -6.87. The fraction of sp³-hybridized carbons (Fsp3) is 0.286. The monoisotopic (exact) mass is 470 g/mol. The highest BCUT2D eigenvalue weighted by Gasteiger charge is 2.37. The predicted molar refractivity (Wildman–Crippen MR) is 105 cm³/mol. The van der Waals surface area contributed by atoms with Crippen LogP contribution in [-0.4, -0.2) is 22.4 Å². The molecule has 2 amide bonds. The Labute approximate surface area is 183 Å². The fourth-order valence-electron chi connectivity index (χ4n) is 3.62. The van der Waals surface area contributed by atoms with Gasteiger partial charge in [-0.05, 0) is 36.8 Å². The first-order chi connectivity index (χ1) is 15.5. The normalized spacial score (nSPS) is 15.9. The average Bonchev–Trinajstić information content (AvgIpc) is 3.32. The number of amides is 2. The van der Waals surface area contributed by atoms with Gasteiger partial charge >= 0.3 is 18.4 Å². The van der Waals surface area contributed by atoms with E-state index in [9.17, 15) is 31.1 Å². The summed E-state index contributed by atoms with van der Waals surface area (Å²) in [6, 6.07) is 9.24. The van der Waals surface area contributed by atoms with Gasteiger partial charge in [-0.25, -0.2) is 9.36 Å². The number of carbonyl (C=O) groups excluding carboxylic acids is 1. The molecule has 0 unspecified atom stereocenters. The molecule has 6 nitrogen and oxygen atoms in total. The largest absolute Gasteiger partial charge is 0.416 e. The number of aromatic nitrogens is 3. The van der Waals surface area contributed by atoms with Crippen molar-refractivity contribution in [3.63, 3.8) is 0 Å². The number of alkyl halides is 6. The highest BCUT2D eigenvalue weighted by molar-refractivity contribution is 5.89. The van der Waals surface area contributed by atoms with E-state index < -0.39 is 35.2 Å². The van der Waals surface area contributed by atoms with Crippen LogP contribution in [0.3, 0.4) is 0 Å². The summed E-state index contributed by atoms with van der Waals surface area (Å²) < 4.78 is 81.5. The number of carbonyl (C=O) groups is 1. The maximum Gasteiger partial charge on any atom is 0.416 e. The van der Waals surface area contributed by atoms with Crippen molar-refractivity contribution in [1.82, 2.24) is 15.1 Å². The number of anilines is 1. The minimum atomic E-state index is -5.00. The van der Waals surface area contributed by atoms with Crippen molar-refractivity contribution in [3.05, 3.63) is 71.8 Å². The van der Waals surface area contributed by atoms with Crippen LogP contribution in [-0.2, 0) is 18.8 Å². The number of benzene rings is 2. The second kappa shape index (κ2) is 8.41. The van der Waals surface area contributed by atoms with Crippen LogP contribution in [0.4, 0.5) is 36.8 Å². The third-order valence-corrected chi connectivity index (χ3v) is 5.21. The molecule has 33 heavy (non-hydrogen) atoms. The molecule has 0 saturated carbocycles. The molecule has 0 fully saturated rings. The van der Waals surface area contributed by atoms with Crippen molar-refractivity contribution in [1.29, 1.82) is 0 Å². The van der Waals surface area contributed by atoms with Gasteiger partial charge in [0.15, 0.2) is 0 Å². The molecule has 0 saturated heterocycles. The SMILES string of the molecule is O=C(NC[C@@H]1CCc2nn(-c3ccccc3)c[n+]21)Nc1cc(C(F)(F)F)cc(C(F)(F)F)c1. The Hall–Kier alpha value is -3.57. The molecule has 2 aromatic carbocycles. The quantitative estimate of drug-likeness (QED) is 0.436. The number of aryl methyl sites for hydroxylation is 1. The molecule has 0 radical (unpaired) electrons. The van der Waals surface area contributed by atoms with Crippen molar-refractivity contribution >= 4 is 11.7 Å². The first kappa shape index (κ1) is 22.6. The van der Waals surface area contributed by atoms with Crippen molar-refractivity contribution in [3.8, 4) is 5.69 Å². The van der Waals surface area contributed by atoms with Gasteiger partial charge in [-0.2, -0.15) is 26.3 Å². The third-order valence-electron chi connectivity index (χ3n) is 5.21. The zero-order valence-electron chi connectivity index (χ0n) is 16.9. The van der Waals surface area contributed by atoms with Gasteiger partial charge in [0.2, 0.25) is 6.33 Å². The topological polar surface area (TPSA) is 62.8 Å². The molecule has 3 aromatic rings. The van der Waals surface area contributed by atoms with Gasteiger partial charge in [0.1, 0.15) is 5.69 Å². The van der Waals surface area contributed by atoms with Gasteiger partial charge in [-0.1, -0.05) is 22.9 Å². The molecule has 1 aromatic heterocycles. The van der Waals surface area contributed by atoms with Gasteiger partial charge in [-0.3, -0.25) is 0 Å². The second-order valence-corrected chi connectivity index (χ2v) is 7.54. The lowest BCUT2D eigenvalue weighted by atomic mass is 10.1. The van der Waals surface area contributed by atoms with Crippen molar-refractivity contribution in [2.75, 3.05) is 11.9 Å². The summed E-state index contributed by atoms with van der Waals surface area (Å²) in [7, 11) is 0. The number of rotatable bonds is 4. The van der Waals surface area contributed by atoms with E-state index in [0.29, 0.717) is 25.0 Å². The standard InChI is InChI=1S/C21H17F6N5O/c22-20(23,24)13-8-14(21(25,26)27)10-15(9-13)29-19(33)28-11-17-6-7-18-30-32(12-31(17)18)16-4-2-1-3-5-16/h1-5,8-10,12,17H,6-7,11H2,(H-,28,29,33)/p+1/t17-/m0/s1. The number of nitrogens with one attached hydrogen (secondary N) is 2. The molecule has 12 heteroatoms. The molecule has 174 valence electrons. The van der Waals surface area contributed by atoms with Crippen LogP contribution in [0, 0.1) is 0 Å². The van der Waals surface area contributed by atoms with Crippen LogP contribution in [0.1, 0.15) is 29.4 Å². The Morgan fingerprint density at radius 1 is 1.03 bits per heavy atom. The molecule has 0 aliphatic carbocycles. The third kappa shape index (κ3) is 5.10. The smallest absolute Gasteiger partial charge is 0.334 e. The molecule has 2 N–H and O–H groups in total. The van der Waals surface area contributed by atoms with E-state index in [1.54, 1.807) is 11.0 Å². The number of nitrogens with zero attached hydrogens (tertiary/aromatic N) is 3. The van der Waals surface area contributed by atoms with Gasteiger partial charge < -0.3 is 10.6 Å². The molecule has 2 heterocycles. The number of urea groups is 1. The van der Waals surface area contributed by atoms with Crippen molar-refractivity contribution < 1.29 is 35.7 Å². The van der Waals surface area contributed by atoms with Gasteiger partial charge in [-0.15, -0.1) is 0 Å². The van der Waals surface area contributed by atoms with E-state index in [1.807, 2.05) is 34.9 Å². The zero-order valence-corrected chi connectivity index (χ0v) is 16.9. The zero-order chi connectivity index (χ0) is 23.8. The number of halogens is 6. The minimum Gasteiger partial charge on any atom is -0.334 e. The molecule has 0 bridgehead atoms. The van der Waals surface area contributed by atoms with E-state index in [1.165, 1.54) is 0 Å². The van der Waals surface area contributed by atoms with Crippen LogP contribution >= 0.6 is 0 Å². The first-order valence-corrected chi connectivity index (χ1v) is 9.90. The maximum absolute atomic E-state index is 13.0. The van der Waals surface area contributed by atoms with E-state index >= 15 is 0 Å². The van der Waals surface area contributed by atoms with Crippen LogP contribution in [0.25, 0.3) is 5.69 Å². The molecule has 1 atom stereocenters. The van der Waals surface area contributed by atoms with Gasteiger partial charge in [0.05, 0.1) is 23.7 Å². The lowest BCUT2D eigenvalue weighted by molar-refractivity contribution is -0.714. The minimum absolute atomic E-state index is 0.00414. The summed E-state index contributed by atoms with van der Waals surface area (Å²) >= 11 is 0. The second-order valence-electron chi connectivity index (χ2n) is 7.54. The van der Waals surface area contributed by atoms with Gasteiger partial charge in [0.25, 0.3) is 5.82 Å². The van der Waals surface area contributed by atoms with Crippen molar-refractivity contribution in [2.24, 2.45) is 0 Å².